The molecule has 2 atom stereocenters. The minimum absolute atomic E-state index is 0.0301. The second-order valence-corrected chi connectivity index (χ2v) is 14.2. The molecule has 2 aliphatic rings. The van der Waals surface area contributed by atoms with Gasteiger partial charge in [-0.15, -0.1) is 0 Å². The van der Waals surface area contributed by atoms with Gasteiger partial charge in [0, 0.05) is 83.5 Å². The third kappa shape index (κ3) is 7.77. The molecule has 5 N–H and O–H groups in total. The van der Waals surface area contributed by atoms with Crippen LogP contribution in [0.2, 0.25) is 15.1 Å². The summed E-state index contributed by atoms with van der Waals surface area (Å²) in [6, 6.07) is 18.5. The first-order chi connectivity index (χ1) is 25.6. The maximum atomic E-state index is 12.1. The Morgan fingerprint density at radius 3 is 2.06 bits per heavy atom. The fourth-order valence-corrected chi connectivity index (χ4v) is 7.77. The Labute approximate surface area is 320 Å². The average Bonchev–Trinajstić information content (AvgIpc) is 3.85. The molecule has 2 aliphatic heterocycles. The Morgan fingerprint density at radius 2 is 1.45 bits per heavy atom. The number of H-pyrrole nitrogens is 1. The van der Waals surface area contributed by atoms with Crippen molar-refractivity contribution in [3.05, 3.63) is 87.0 Å². The first kappa shape index (κ1) is 36.5. The summed E-state index contributed by atoms with van der Waals surface area (Å²) in [6.45, 7) is 1.32. The van der Waals surface area contributed by atoms with Crippen LogP contribution in [0.4, 0.5) is 4.79 Å². The lowest BCUT2D eigenvalue weighted by Gasteiger charge is -2.23. The fraction of sp³-hybridized carbons (Fsp3) is 0.289. The minimum atomic E-state index is -1.11. The van der Waals surface area contributed by atoms with E-state index in [2.05, 4.69) is 20.9 Å². The van der Waals surface area contributed by atoms with Gasteiger partial charge < -0.3 is 35.7 Å². The highest BCUT2D eigenvalue weighted by molar-refractivity contribution is 6.39. The van der Waals surface area contributed by atoms with Crippen molar-refractivity contribution in [1.82, 2.24) is 35.8 Å². The number of carbonyl (C=O) groups is 3. The molecule has 0 bridgehead atoms. The lowest BCUT2D eigenvalue weighted by atomic mass is 9.98. The summed E-state index contributed by atoms with van der Waals surface area (Å²) in [4.78, 5) is 49.4. The second kappa shape index (κ2) is 15.6. The van der Waals surface area contributed by atoms with Gasteiger partial charge in [0.15, 0.2) is 0 Å². The number of hydrogen-bond acceptors (Lipinski definition) is 7. The number of pyridine rings is 2. The maximum Gasteiger partial charge on any atom is 0.407 e. The summed E-state index contributed by atoms with van der Waals surface area (Å²) in [5.41, 5.74) is 5.91. The number of halogens is 3. The summed E-state index contributed by atoms with van der Waals surface area (Å²) in [5.74, 6) is 0.261. The molecule has 0 radical (unpaired) electrons. The van der Waals surface area contributed by atoms with E-state index in [0.717, 1.165) is 17.5 Å². The topological polar surface area (TPSA) is 162 Å². The van der Waals surface area contributed by atoms with Crippen LogP contribution < -0.4 is 20.7 Å². The van der Waals surface area contributed by atoms with E-state index < -0.39 is 6.09 Å². The maximum absolute atomic E-state index is 12.1. The van der Waals surface area contributed by atoms with Crippen LogP contribution in [0.1, 0.15) is 36.9 Å². The summed E-state index contributed by atoms with van der Waals surface area (Å²) in [7, 11) is 1.48. The van der Waals surface area contributed by atoms with Gasteiger partial charge in [-0.2, -0.15) is 0 Å². The van der Waals surface area contributed by atoms with E-state index >= 15 is 0 Å². The molecule has 0 unspecified atom stereocenters. The quantitative estimate of drug-likeness (QED) is 0.0901. The van der Waals surface area contributed by atoms with E-state index in [4.69, 9.17) is 49.5 Å². The average molecular weight is 777 g/mol. The highest BCUT2D eigenvalue weighted by Crippen LogP contribution is 2.42. The van der Waals surface area contributed by atoms with Gasteiger partial charge in [0.2, 0.25) is 17.7 Å². The molecule has 15 heteroatoms. The molecule has 274 valence electrons. The molecule has 7 rings (SSSR count). The van der Waals surface area contributed by atoms with Crippen molar-refractivity contribution >= 4 is 63.7 Å². The van der Waals surface area contributed by atoms with E-state index in [0.29, 0.717) is 92.3 Å². The van der Waals surface area contributed by atoms with Crippen LogP contribution in [0.25, 0.3) is 44.7 Å². The Balaban J connectivity index is 1.12. The largest absolute Gasteiger partial charge is 0.481 e. The van der Waals surface area contributed by atoms with Crippen LogP contribution in [-0.2, 0) is 22.7 Å². The predicted molar refractivity (Wildman–Crippen MR) is 204 cm³/mol. The number of ether oxygens (including phenoxy) is 1. The zero-order valence-corrected chi connectivity index (χ0v) is 30.9. The number of carboxylic acid groups (broad SMARTS) is 1. The summed E-state index contributed by atoms with van der Waals surface area (Å²) in [5, 5.41) is 21.3. The number of methoxy groups -OCH3 is 1. The van der Waals surface area contributed by atoms with Gasteiger partial charge in [-0.05, 0) is 37.1 Å². The van der Waals surface area contributed by atoms with Gasteiger partial charge in [0.25, 0.3) is 0 Å². The number of nitrogens with one attached hydrogen (secondary N) is 4. The van der Waals surface area contributed by atoms with Crippen LogP contribution in [0.5, 0.6) is 5.88 Å². The molecule has 5 aromatic rings. The number of aromatic nitrogens is 3. The second-order valence-electron chi connectivity index (χ2n) is 13.1. The zero-order valence-electron chi connectivity index (χ0n) is 28.6. The normalized spacial score (nSPS) is 16.9. The number of benzene rings is 2. The highest BCUT2D eigenvalue weighted by Gasteiger charge is 2.27. The van der Waals surface area contributed by atoms with E-state index in [-0.39, 0.29) is 42.9 Å². The molecular weight excluding hydrogens is 741 g/mol. The molecule has 53 heavy (non-hydrogen) atoms. The molecule has 5 heterocycles. The summed E-state index contributed by atoms with van der Waals surface area (Å²) in [6.07, 6.45) is 1.22. The van der Waals surface area contributed by atoms with Gasteiger partial charge in [-0.25, -0.2) is 14.8 Å². The summed E-state index contributed by atoms with van der Waals surface area (Å²) < 4.78 is 5.60. The predicted octanol–water partition coefficient (Wildman–Crippen LogP) is 7.05. The van der Waals surface area contributed by atoms with Crippen LogP contribution >= 0.6 is 34.8 Å². The van der Waals surface area contributed by atoms with Crippen LogP contribution in [0.3, 0.4) is 0 Å². The first-order valence-electron chi connectivity index (χ1n) is 17.2. The number of carbonyl (C=O) groups excluding carboxylic acids is 2. The van der Waals surface area contributed by atoms with E-state index in [9.17, 15) is 19.5 Å². The van der Waals surface area contributed by atoms with Crippen molar-refractivity contribution in [3.8, 4) is 39.5 Å². The molecule has 3 amide bonds. The van der Waals surface area contributed by atoms with Crippen molar-refractivity contribution in [2.75, 3.05) is 20.2 Å². The Bertz CT molecular complexity index is 2230. The van der Waals surface area contributed by atoms with Gasteiger partial charge in [-0.1, -0.05) is 71.2 Å². The Kier molecular flexibility index (Phi) is 10.7. The van der Waals surface area contributed by atoms with Crippen molar-refractivity contribution in [2.45, 2.75) is 50.9 Å². The summed E-state index contributed by atoms with van der Waals surface area (Å²) >= 11 is 20.9. The molecule has 2 aromatic carbocycles. The van der Waals surface area contributed by atoms with Gasteiger partial charge >= 0.3 is 6.09 Å². The van der Waals surface area contributed by atoms with Gasteiger partial charge in [0.1, 0.15) is 5.65 Å². The van der Waals surface area contributed by atoms with Crippen molar-refractivity contribution in [2.24, 2.45) is 0 Å². The van der Waals surface area contributed by atoms with Gasteiger partial charge in [-0.3, -0.25) is 9.59 Å². The highest BCUT2D eigenvalue weighted by atomic mass is 35.5. The van der Waals surface area contributed by atoms with Crippen LogP contribution in [-0.4, -0.2) is 75.1 Å². The fourth-order valence-electron chi connectivity index (χ4n) is 6.85. The van der Waals surface area contributed by atoms with Crippen molar-refractivity contribution < 1.29 is 24.2 Å². The smallest absolute Gasteiger partial charge is 0.407 e. The molecule has 0 saturated carbocycles. The third-order valence-electron chi connectivity index (χ3n) is 9.57. The van der Waals surface area contributed by atoms with Gasteiger partial charge in [0.05, 0.1) is 40.1 Å². The van der Waals surface area contributed by atoms with E-state index in [1.807, 2.05) is 48.5 Å². The van der Waals surface area contributed by atoms with Crippen molar-refractivity contribution in [1.29, 1.82) is 0 Å². The number of fused-ring (bicyclic) bond motifs is 1. The Hall–Kier alpha value is -4.88. The molecule has 12 nitrogen and oxygen atoms in total. The Morgan fingerprint density at radius 1 is 0.849 bits per heavy atom. The monoisotopic (exact) mass is 775 g/mol. The molecule has 0 aliphatic carbocycles. The van der Waals surface area contributed by atoms with Crippen molar-refractivity contribution in [3.63, 3.8) is 0 Å². The number of rotatable bonds is 12. The standard InChI is InChI=1S/C38H36Cl3N7O5/c1-53-37-20(18-48(38(51)52)19-22-10-15-32(50)44-22)8-12-29(47-37)26-7-3-5-24(34(26)40)23-4-2-6-25(33(23)39)28-13-11-27-35(41)30(46-36(27)45-28)17-42-16-21-9-14-31(49)43-21/h2-8,11-13,21-22,42H,9-10,14-19H2,1H3,(H,43,49)(H,44,50)(H,45,46)(H,51,52)/t21-,22-/m0/s1. The molecule has 3 aromatic heterocycles. The number of hydrogen-bond donors (Lipinski definition) is 5. The molecule has 2 saturated heterocycles. The molecule has 2 fully saturated rings. The van der Waals surface area contributed by atoms with E-state index in [1.54, 1.807) is 12.1 Å². The SMILES string of the molecule is COc1nc(-c2cccc(-c3cccc(-c4ccc5c(Cl)c(CNC[C@@H]6CCC(=O)N6)[nH]c5n4)c3Cl)c2Cl)ccc1CN(C[C@@H]1CCC(=O)N1)C(=O)O. The number of aromatic amines is 1. The third-order valence-corrected chi connectivity index (χ3v) is 10.8. The molecular formula is C38H36Cl3N7O5. The van der Waals surface area contributed by atoms with Crippen LogP contribution in [0, 0.1) is 0 Å². The van der Waals surface area contributed by atoms with Crippen LogP contribution in [0.15, 0.2) is 60.7 Å². The number of nitrogens with zero attached hydrogens (tertiary/aromatic N) is 3. The zero-order chi connectivity index (χ0) is 37.2. The van der Waals surface area contributed by atoms with E-state index in [1.165, 1.54) is 12.0 Å². The lowest BCUT2D eigenvalue weighted by Crippen LogP contribution is -2.41. The number of amides is 3. The minimum Gasteiger partial charge on any atom is -0.481 e. The molecule has 0 spiro atoms. The first-order valence-corrected chi connectivity index (χ1v) is 18.3. The lowest BCUT2D eigenvalue weighted by molar-refractivity contribution is -0.120.